The Morgan fingerprint density at radius 2 is 1.57 bits per heavy atom. The van der Waals surface area contributed by atoms with Crippen LogP contribution >= 0.6 is 0 Å². The van der Waals surface area contributed by atoms with Gasteiger partial charge in [0.1, 0.15) is 25.1 Å². The fourth-order valence-corrected chi connectivity index (χ4v) is 12.4. The number of aliphatic imine (C=N–C) groups is 1. The molecular weight excluding hydrogens is 623 g/mol. The van der Waals surface area contributed by atoms with Gasteiger partial charge < -0.3 is 23.7 Å². The smallest absolute Gasteiger partial charge is 0.302 e. The Bertz CT molecular complexity index is 1390. The number of aliphatic hydroxyl groups is 1. The number of rotatable bonds is 11. The lowest BCUT2D eigenvalue weighted by Crippen LogP contribution is -2.51. The van der Waals surface area contributed by atoms with Crippen LogP contribution in [0.5, 0.6) is 0 Å². The summed E-state index contributed by atoms with van der Waals surface area (Å²) in [5, 5.41) is 14.7. The quantitative estimate of drug-likeness (QED) is 0.266. The topological polar surface area (TPSA) is 146 Å². The van der Waals surface area contributed by atoms with Gasteiger partial charge in [-0.05, 0) is 42.8 Å². The first-order valence-electron chi connectivity index (χ1n) is 16.4. The van der Waals surface area contributed by atoms with Gasteiger partial charge >= 0.3 is 5.91 Å². The molecule has 1 aromatic heterocycles. The van der Waals surface area contributed by atoms with E-state index in [2.05, 4.69) is 61.8 Å². The summed E-state index contributed by atoms with van der Waals surface area (Å²) in [6.45, 7) is 28.4. The third kappa shape index (κ3) is 8.01. The number of nitrogens with one attached hydrogen (secondary N) is 1. The fourth-order valence-electron chi connectivity index (χ4n) is 6.63. The monoisotopic (exact) mass is 679 g/mol. The van der Waals surface area contributed by atoms with E-state index in [1.54, 1.807) is 18.4 Å². The average Bonchev–Trinajstić information content (AvgIpc) is 3.40. The summed E-state index contributed by atoms with van der Waals surface area (Å²) in [4.78, 5) is 38.6. The van der Waals surface area contributed by atoms with Crippen LogP contribution in [0.2, 0.25) is 16.6 Å². The van der Waals surface area contributed by atoms with Gasteiger partial charge in [0.05, 0.1) is 16.8 Å². The number of ether oxygens (including phenoxy) is 3. The van der Waals surface area contributed by atoms with E-state index in [-0.39, 0.29) is 35.8 Å². The van der Waals surface area contributed by atoms with E-state index in [1.807, 2.05) is 41.5 Å². The number of fused-ring (bicyclic) bond motifs is 1. The van der Waals surface area contributed by atoms with Crippen LogP contribution in [-0.4, -0.2) is 87.4 Å². The molecule has 46 heavy (non-hydrogen) atoms. The summed E-state index contributed by atoms with van der Waals surface area (Å²) < 4.78 is 28.5. The maximum atomic E-state index is 13.1. The molecule has 1 aromatic rings. The van der Waals surface area contributed by atoms with E-state index >= 15 is 0 Å². The van der Waals surface area contributed by atoms with Crippen molar-refractivity contribution in [1.82, 2.24) is 14.9 Å². The molecule has 1 fully saturated rings. The normalized spacial score (nSPS) is 23.3. The van der Waals surface area contributed by atoms with Crippen LogP contribution in [0.15, 0.2) is 9.98 Å². The minimum atomic E-state index is -2.30. The molecule has 2 aliphatic heterocycles. The summed E-state index contributed by atoms with van der Waals surface area (Å²) in [6.07, 6.45) is -4.13. The maximum Gasteiger partial charge on any atom is 0.302 e. The Balaban J connectivity index is 2.18. The number of amides is 2. The van der Waals surface area contributed by atoms with Crippen LogP contribution < -0.4 is 10.8 Å². The largest absolute Gasteiger partial charge is 0.394 e. The van der Waals surface area contributed by atoms with Crippen molar-refractivity contribution in [3.05, 3.63) is 16.3 Å². The molecule has 3 rings (SSSR count). The van der Waals surface area contributed by atoms with Gasteiger partial charge in [0.25, 0.3) is 0 Å². The predicted molar refractivity (Wildman–Crippen MR) is 181 cm³/mol. The van der Waals surface area contributed by atoms with Crippen molar-refractivity contribution < 1.29 is 33.3 Å². The summed E-state index contributed by atoms with van der Waals surface area (Å²) in [5.41, 5.74) is 0.107. The van der Waals surface area contributed by atoms with Crippen molar-refractivity contribution in [2.75, 3.05) is 6.79 Å². The Kier molecular flexibility index (Phi) is 11.9. The Hall–Kier alpha value is -1.95. The second-order valence-corrected chi connectivity index (χ2v) is 21.9. The molecule has 2 aliphatic rings. The molecule has 5 atom stereocenters. The van der Waals surface area contributed by atoms with E-state index in [9.17, 15) is 14.7 Å². The number of carbonyl (C=O) groups excluding carboxylic acids is 2. The second kappa shape index (κ2) is 14.3. The van der Waals surface area contributed by atoms with Crippen LogP contribution in [0.25, 0.3) is 0 Å². The molecule has 0 saturated carbocycles. The second-order valence-electron chi connectivity index (χ2n) is 15.8. The number of aromatic nitrogens is 2. The molecule has 2 amide bonds. The van der Waals surface area contributed by atoms with Gasteiger partial charge in [-0.2, -0.15) is 9.98 Å². The number of imidazole rings is 1. The van der Waals surface area contributed by atoms with Crippen molar-refractivity contribution in [2.24, 2.45) is 21.3 Å². The van der Waals surface area contributed by atoms with Crippen molar-refractivity contribution in [3.8, 4) is 0 Å². The van der Waals surface area contributed by atoms with Gasteiger partial charge in [-0.3, -0.25) is 19.5 Å². The van der Waals surface area contributed by atoms with Gasteiger partial charge in [0, 0.05) is 15.8 Å². The molecule has 260 valence electrons. The van der Waals surface area contributed by atoms with E-state index < -0.39 is 55.9 Å². The lowest BCUT2D eigenvalue weighted by Gasteiger charge is -2.42. The number of hydrogen-bond donors (Lipinski definition) is 2. The first-order valence-corrected chi connectivity index (χ1v) is 19.2. The highest BCUT2D eigenvalue weighted by Crippen LogP contribution is 2.44. The van der Waals surface area contributed by atoms with Gasteiger partial charge in [0.2, 0.25) is 20.2 Å². The zero-order valence-electron chi connectivity index (χ0n) is 30.3. The SMILES string of the molecule is CC(C)C(=O)NC1=NC(=O)c2nc(=[SiH2])n([C@@H]3O[C@H](C(O)C(C)(C)C)[C@@H](OC(C)(C)C)[C@H]3OCO[Si](C(C)C)(C(C)C)C(C)C)c2=N1. The maximum absolute atomic E-state index is 13.1. The third-order valence-electron chi connectivity index (χ3n) is 8.78. The van der Waals surface area contributed by atoms with Crippen LogP contribution in [0.3, 0.4) is 0 Å². The first-order chi connectivity index (χ1) is 21.0. The molecule has 0 aliphatic carbocycles. The highest BCUT2D eigenvalue weighted by molar-refractivity contribution is 6.77. The number of nitrogens with zero attached hydrogens (tertiary/aromatic N) is 4. The Morgan fingerprint density at radius 3 is 2.04 bits per heavy atom. The summed E-state index contributed by atoms with van der Waals surface area (Å²) in [5.74, 6) is -1.40. The third-order valence-corrected chi connectivity index (χ3v) is 15.3. The Morgan fingerprint density at radius 1 is 1.00 bits per heavy atom. The van der Waals surface area contributed by atoms with E-state index in [0.29, 0.717) is 21.7 Å². The molecule has 0 bridgehead atoms. The van der Waals surface area contributed by atoms with E-state index in [1.165, 1.54) is 9.85 Å². The molecule has 1 saturated heterocycles. The molecule has 0 radical (unpaired) electrons. The molecule has 2 N–H and O–H groups in total. The van der Waals surface area contributed by atoms with Crippen molar-refractivity contribution in [2.45, 2.75) is 150 Å². The lowest BCUT2D eigenvalue weighted by atomic mass is 9.83. The van der Waals surface area contributed by atoms with Crippen LogP contribution in [0, 0.1) is 16.4 Å². The van der Waals surface area contributed by atoms with Gasteiger partial charge in [-0.25, -0.2) is 4.98 Å². The van der Waals surface area contributed by atoms with E-state index in [4.69, 9.17) is 18.6 Å². The molecule has 14 heteroatoms. The summed E-state index contributed by atoms with van der Waals surface area (Å²) in [6, 6.07) is 0. The number of guanidine groups is 1. The predicted octanol–water partition coefficient (Wildman–Crippen LogP) is 3.69. The Labute approximate surface area is 277 Å². The summed E-state index contributed by atoms with van der Waals surface area (Å²) in [7, 11) is -0.816. The van der Waals surface area contributed by atoms with Crippen LogP contribution in [0.4, 0.5) is 0 Å². The number of hydrogen-bond acceptors (Lipinski definition) is 9. The molecule has 0 aromatic carbocycles. The van der Waals surface area contributed by atoms with Crippen molar-refractivity contribution >= 4 is 35.9 Å². The number of aliphatic hydroxyl groups excluding tert-OH is 1. The average molecular weight is 680 g/mol. The standard InChI is InChI=1S/C32H57N5O7Si2/c1-16(2)26(39)35-29-34-25-20(27(40)36-29)33-30(45)37(25)28-23(41-15-42-46(17(3)4,18(5)6)19(7)8)21(44-32(12,13)14)22(43-28)24(38)31(9,10)11/h16-19,21-24,28,38H,15,45H2,1-14H3,(H,35,36,39,40)/t21-,22+,23-,24?,28-/m1/s1. The fraction of sp³-hybridized carbons (Fsp3) is 0.812. The highest BCUT2D eigenvalue weighted by Gasteiger charge is 2.54. The van der Waals surface area contributed by atoms with Gasteiger partial charge in [0.15, 0.2) is 17.4 Å². The molecule has 12 nitrogen and oxygen atoms in total. The van der Waals surface area contributed by atoms with Gasteiger partial charge in [-0.1, -0.05) is 76.2 Å². The molecule has 3 heterocycles. The minimum Gasteiger partial charge on any atom is -0.394 e. The number of carbonyl (C=O) groups is 2. The van der Waals surface area contributed by atoms with Crippen molar-refractivity contribution in [1.29, 1.82) is 0 Å². The zero-order valence-corrected chi connectivity index (χ0v) is 32.7. The van der Waals surface area contributed by atoms with Crippen LogP contribution in [0.1, 0.15) is 114 Å². The molecule has 1 unspecified atom stereocenters. The molecular formula is C32H57N5O7Si2. The highest BCUT2D eigenvalue weighted by atomic mass is 28.4. The van der Waals surface area contributed by atoms with E-state index in [0.717, 1.165) is 0 Å². The zero-order chi connectivity index (χ0) is 35.1. The molecule has 0 spiro atoms. The lowest BCUT2D eigenvalue weighted by molar-refractivity contribution is -0.164. The minimum absolute atomic E-state index is 0.000919. The summed E-state index contributed by atoms with van der Waals surface area (Å²) >= 11 is 0. The van der Waals surface area contributed by atoms with Crippen molar-refractivity contribution in [3.63, 3.8) is 0 Å². The first kappa shape index (κ1) is 38.5. The van der Waals surface area contributed by atoms with Gasteiger partial charge in [-0.15, -0.1) is 0 Å². The van der Waals surface area contributed by atoms with Crippen LogP contribution in [-0.2, 0) is 23.4 Å².